The molecule has 0 saturated carbocycles. The van der Waals surface area contributed by atoms with Gasteiger partial charge in [-0.2, -0.15) is 4.31 Å². The smallest absolute Gasteiger partial charge is 0.246 e. The van der Waals surface area contributed by atoms with Gasteiger partial charge in [-0.05, 0) is 12.6 Å². The normalized spacial score (nSPS) is 18.9. The average molecular weight is 287 g/mol. The van der Waals surface area contributed by atoms with Crippen LogP contribution in [0.4, 0.5) is 0 Å². The van der Waals surface area contributed by atoms with E-state index in [4.69, 9.17) is 12.2 Å². The number of likely N-dealkylation sites (N-methyl/N-ethyl adjacent to an activating group) is 1. The average Bonchev–Trinajstić information content (AvgIpc) is 2.39. The van der Waals surface area contributed by atoms with Crippen molar-refractivity contribution >= 4 is 22.2 Å². The van der Waals surface area contributed by atoms with Gasteiger partial charge < -0.3 is 9.88 Å². The summed E-state index contributed by atoms with van der Waals surface area (Å²) in [7, 11) is -3.45. The summed E-state index contributed by atoms with van der Waals surface area (Å²) < 4.78 is 26.7. The van der Waals surface area contributed by atoms with Gasteiger partial charge >= 0.3 is 0 Å². The lowest BCUT2D eigenvalue weighted by atomic mass is 10.4. The monoisotopic (exact) mass is 287 g/mol. The number of aromatic nitrogens is 1. The predicted octanol–water partition coefficient (Wildman–Crippen LogP) is 1.07. The molecule has 1 N–H and O–H groups in total. The van der Waals surface area contributed by atoms with Crippen molar-refractivity contribution in [1.82, 2.24) is 14.2 Å². The summed E-state index contributed by atoms with van der Waals surface area (Å²) in [6.45, 7) is 5.65. The van der Waals surface area contributed by atoms with E-state index in [2.05, 4.69) is 16.8 Å². The highest BCUT2D eigenvalue weighted by atomic mass is 32.2. The maximum Gasteiger partial charge on any atom is 0.246 e. The van der Waals surface area contributed by atoms with Gasteiger partial charge in [-0.3, -0.25) is 0 Å². The second-order valence-corrected chi connectivity index (χ2v) is 6.56. The van der Waals surface area contributed by atoms with E-state index in [0.29, 0.717) is 17.6 Å². The van der Waals surface area contributed by atoms with Crippen molar-refractivity contribution in [2.24, 2.45) is 0 Å². The Morgan fingerprint density at radius 3 is 2.56 bits per heavy atom. The van der Waals surface area contributed by atoms with Gasteiger partial charge in [0.25, 0.3) is 0 Å². The van der Waals surface area contributed by atoms with E-state index in [1.807, 2.05) is 0 Å². The zero-order chi connectivity index (χ0) is 13.2. The molecule has 1 aliphatic rings. The van der Waals surface area contributed by atoms with Crippen LogP contribution in [0.15, 0.2) is 23.4 Å². The van der Waals surface area contributed by atoms with Crippen LogP contribution in [0.5, 0.6) is 0 Å². The molecule has 1 saturated heterocycles. The second kappa shape index (κ2) is 5.48. The summed E-state index contributed by atoms with van der Waals surface area (Å²) >= 11 is 5.08. The molecule has 0 atom stereocenters. The Hall–Kier alpha value is -0.760. The third-order valence-electron chi connectivity index (χ3n) is 3.18. The summed E-state index contributed by atoms with van der Waals surface area (Å²) in [5.41, 5.74) is 0. The molecule has 18 heavy (non-hydrogen) atoms. The quantitative estimate of drug-likeness (QED) is 0.845. The Kier molecular flexibility index (Phi) is 4.16. The van der Waals surface area contributed by atoms with Crippen LogP contribution in [0.3, 0.4) is 0 Å². The molecule has 0 amide bonds. The van der Waals surface area contributed by atoms with Gasteiger partial charge in [0.05, 0.1) is 4.51 Å². The molecule has 0 aromatic carbocycles. The first-order valence-electron chi connectivity index (χ1n) is 5.95. The minimum Gasteiger partial charge on any atom is -0.366 e. The van der Waals surface area contributed by atoms with Crippen LogP contribution in [0.1, 0.15) is 6.92 Å². The zero-order valence-electron chi connectivity index (χ0n) is 10.3. The number of nitrogens with one attached hydrogen (secondary N) is 1. The molecule has 1 fully saturated rings. The van der Waals surface area contributed by atoms with E-state index in [9.17, 15) is 8.42 Å². The largest absolute Gasteiger partial charge is 0.366 e. The molecule has 5 nitrogen and oxygen atoms in total. The van der Waals surface area contributed by atoms with E-state index in [0.717, 1.165) is 19.6 Å². The first kappa shape index (κ1) is 13.7. The van der Waals surface area contributed by atoms with Crippen LogP contribution >= 0.6 is 12.2 Å². The molecule has 100 valence electrons. The highest BCUT2D eigenvalue weighted by Gasteiger charge is 2.28. The molecule has 0 aliphatic carbocycles. The summed E-state index contributed by atoms with van der Waals surface area (Å²) in [5, 5.41) is 0. The molecule has 7 heteroatoms. The van der Waals surface area contributed by atoms with Crippen molar-refractivity contribution in [3.63, 3.8) is 0 Å². The fraction of sp³-hybridized carbons (Fsp3) is 0.545. The van der Waals surface area contributed by atoms with Crippen LogP contribution in [-0.4, -0.2) is 55.3 Å². The van der Waals surface area contributed by atoms with E-state index >= 15 is 0 Å². The topological polar surface area (TPSA) is 56.4 Å². The number of sulfonamides is 1. The van der Waals surface area contributed by atoms with Gasteiger partial charge in [0.15, 0.2) is 0 Å². The SMILES string of the molecule is CCN1CCN(S(=O)(=O)c2c[nH]ccc2=S)CC1. The number of hydrogen-bond acceptors (Lipinski definition) is 4. The van der Waals surface area contributed by atoms with E-state index in [-0.39, 0.29) is 4.90 Å². The minimum absolute atomic E-state index is 0.199. The van der Waals surface area contributed by atoms with Crippen LogP contribution < -0.4 is 0 Å². The highest BCUT2D eigenvalue weighted by molar-refractivity contribution is 7.89. The fourth-order valence-corrected chi connectivity index (χ4v) is 3.93. The molecule has 0 unspecified atom stereocenters. The number of hydrogen-bond donors (Lipinski definition) is 1. The van der Waals surface area contributed by atoms with Crippen LogP contribution in [0, 0.1) is 4.51 Å². The van der Waals surface area contributed by atoms with Crippen molar-refractivity contribution < 1.29 is 8.42 Å². The lowest BCUT2D eigenvalue weighted by Gasteiger charge is -2.33. The van der Waals surface area contributed by atoms with Crippen molar-refractivity contribution in [2.75, 3.05) is 32.7 Å². The number of aromatic amines is 1. The first-order chi connectivity index (χ1) is 8.55. The summed E-state index contributed by atoms with van der Waals surface area (Å²) in [5.74, 6) is 0. The molecular formula is C11H17N3O2S2. The number of H-pyrrole nitrogens is 1. The van der Waals surface area contributed by atoms with Crippen LogP contribution in [0.2, 0.25) is 0 Å². The molecule has 0 spiro atoms. The van der Waals surface area contributed by atoms with Gasteiger partial charge in [0.2, 0.25) is 10.0 Å². The Morgan fingerprint density at radius 2 is 2.00 bits per heavy atom. The molecule has 0 radical (unpaired) electrons. The molecule has 2 rings (SSSR count). The van der Waals surface area contributed by atoms with E-state index in [1.54, 1.807) is 12.3 Å². The van der Waals surface area contributed by atoms with Crippen LogP contribution in [-0.2, 0) is 10.0 Å². The maximum atomic E-state index is 12.4. The fourth-order valence-electron chi connectivity index (χ4n) is 2.03. The lowest BCUT2D eigenvalue weighted by molar-refractivity contribution is 0.196. The Balaban J connectivity index is 2.23. The first-order valence-corrected chi connectivity index (χ1v) is 7.80. The molecule has 1 aliphatic heterocycles. The standard InChI is InChI=1S/C11H17N3O2S2/c1-2-13-5-7-14(8-6-13)18(15,16)11-9-12-4-3-10(11)17/h3-4,9H,2,5-8H2,1H3,(H,12,17). The number of nitrogens with zero attached hydrogens (tertiary/aromatic N) is 2. The van der Waals surface area contributed by atoms with Gasteiger partial charge in [-0.1, -0.05) is 19.1 Å². The van der Waals surface area contributed by atoms with Crippen molar-refractivity contribution in [2.45, 2.75) is 11.8 Å². The van der Waals surface area contributed by atoms with Crippen molar-refractivity contribution in [1.29, 1.82) is 0 Å². The minimum atomic E-state index is -3.45. The summed E-state index contributed by atoms with van der Waals surface area (Å²) in [4.78, 5) is 5.22. The number of piperazine rings is 1. The molecule has 1 aromatic rings. The lowest BCUT2D eigenvalue weighted by Crippen LogP contribution is -2.48. The Labute approximate surface area is 112 Å². The predicted molar refractivity (Wildman–Crippen MR) is 72.5 cm³/mol. The summed E-state index contributed by atoms with van der Waals surface area (Å²) in [6.07, 6.45) is 3.10. The van der Waals surface area contributed by atoms with Gasteiger partial charge in [-0.25, -0.2) is 8.42 Å². The van der Waals surface area contributed by atoms with E-state index < -0.39 is 10.0 Å². The van der Waals surface area contributed by atoms with Crippen LogP contribution in [0.25, 0.3) is 0 Å². The zero-order valence-corrected chi connectivity index (χ0v) is 11.9. The van der Waals surface area contributed by atoms with Gasteiger partial charge in [0.1, 0.15) is 4.90 Å². The highest BCUT2D eigenvalue weighted by Crippen LogP contribution is 2.17. The number of rotatable bonds is 3. The van der Waals surface area contributed by atoms with Gasteiger partial charge in [0, 0.05) is 38.6 Å². The van der Waals surface area contributed by atoms with Gasteiger partial charge in [-0.15, -0.1) is 0 Å². The third kappa shape index (κ3) is 2.64. The molecule has 1 aromatic heterocycles. The maximum absolute atomic E-state index is 12.4. The molecular weight excluding hydrogens is 270 g/mol. The second-order valence-electron chi connectivity index (χ2n) is 4.21. The van der Waals surface area contributed by atoms with Crippen molar-refractivity contribution in [3.05, 3.63) is 23.0 Å². The van der Waals surface area contributed by atoms with E-state index in [1.165, 1.54) is 10.5 Å². The Morgan fingerprint density at radius 1 is 1.33 bits per heavy atom. The van der Waals surface area contributed by atoms with Crippen molar-refractivity contribution in [3.8, 4) is 0 Å². The molecule has 0 bridgehead atoms. The molecule has 2 heterocycles. The third-order valence-corrected chi connectivity index (χ3v) is 5.61. The summed E-state index contributed by atoms with van der Waals surface area (Å²) in [6, 6.07) is 1.60. The number of pyridine rings is 1. The Bertz CT molecular complexity index is 560.